The minimum absolute atomic E-state index is 0.0600. The Hall–Kier alpha value is -1.07. The average Bonchev–Trinajstić information content (AvgIpc) is 2.96. The van der Waals surface area contributed by atoms with Crippen LogP contribution < -0.4 is 0 Å². The lowest BCUT2D eigenvalue weighted by Gasteiger charge is -2.28. The maximum Gasteiger partial charge on any atom is 0.297 e. The molecule has 0 aromatic heterocycles. The van der Waals surface area contributed by atoms with E-state index in [-0.39, 0.29) is 22.6 Å². The average molecular weight is 461 g/mol. The monoisotopic (exact) mass is 460 g/mol. The molecule has 1 fully saturated rings. The second-order valence-electron chi connectivity index (χ2n) is 9.00. The van der Waals surface area contributed by atoms with Gasteiger partial charge in [-0.1, -0.05) is 53.7 Å². The number of hydrogen-bond acceptors (Lipinski definition) is 8. The summed E-state index contributed by atoms with van der Waals surface area (Å²) in [6.45, 7) is 10.6. The first kappa shape index (κ1) is 26.2. The predicted molar refractivity (Wildman–Crippen MR) is 116 cm³/mol. The van der Waals surface area contributed by atoms with Crippen molar-refractivity contribution in [1.82, 2.24) is 0 Å². The van der Waals surface area contributed by atoms with Gasteiger partial charge in [-0.2, -0.15) is 8.42 Å². The summed E-state index contributed by atoms with van der Waals surface area (Å²) >= 11 is 0. The molecule has 1 aliphatic heterocycles. The third-order valence-electron chi connectivity index (χ3n) is 5.79. The number of ether oxygens (including phenoxy) is 2. The summed E-state index contributed by atoms with van der Waals surface area (Å²) in [6, 6.07) is 3.81. The molecule has 0 saturated carbocycles. The quantitative estimate of drug-likeness (QED) is 0.480. The highest BCUT2D eigenvalue weighted by Crippen LogP contribution is 2.37. The van der Waals surface area contributed by atoms with E-state index in [1.54, 1.807) is 0 Å². The molecule has 0 unspecified atom stereocenters. The van der Waals surface area contributed by atoms with Gasteiger partial charge in [0.05, 0.1) is 6.61 Å². The molecule has 8 nitrogen and oxygen atoms in total. The molecule has 0 amide bonds. The zero-order valence-corrected chi connectivity index (χ0v) is 20.1. The minimum Gasteiger partial charge on any atom is -0.391 e. The van der Waals surface area contributed by atoms with Crippen LogP contribution in [-0.2, 0) is 23.8 Å². The molecule has 2 rings (SSSR count). The predicted octanol–water partition coefficient (Wildman–Crippen LogP) is 2.22. The van der Waals surface area contributed by atoms with Gasteiger partial charge >= 0.3 is 0 Å². The molecule has 178 valence electrons. The molecular formula is C22H36O8S. The number of rotatable bonds is 9. The topological polar surface area (TPSA) is 123 Å². The van der Waals surface area contributed by atoms with Crippen LogP contribution in [0.5, 0.6) is 0 Å². The Labute approximate surface area is 185 Å². The molecule has 9 heteroatoms. The van der Waals surface area contributed by atoms with Crippen LogP contribution in [0, 0.1) is 0 Å². The lowest BCUT2D eigenvalue weighted by molar-refractivity contribution is -0.263. The SMILES string of the molecule is CO[C@@]1(CO)O[C@H](COS(=O)(=O)c2c(C(C)C)cc(C(C)C)cc2C(C)C)[C@@H](O)[C@@H]1O. The maximum atomic E-state index is 13.3. The summed E-state index contributed by atoms with van der Waals surface area (Å²) < 4.78 is 42.4. The summed E-state index contributed by atoms with van der Waals surface area (Å²) in [6.07, 6.45) is -4.24. The van der Waals surface area contributed by atoms with Crippen LogP contribution in [0.2, 0.25) is 0 Å². The molecule has 0 radical (unpaired) electrons. The Morgan fingerprint density at radius 1 is 1.03 bits per heavy atom. The first-order chi connectivity index (χ1) is 14.3. The zero-order chi connectivity index (χ0) is 23.7. The molecular weight excluding hydrogens is 424 g/mol. The Morgan fingerprint density at radius 2 is 1.55 bits per heavy atom. The van der Waals surface area contributed by atoms with Crippen molar-refractivity contribution in [3.05, 3.63) is 28.8 Å². The van der Waals surface area contributed by atoms with Crippen molar-refractivity contribution in [2.75, 3.05) is 20.3 Å². The minimum atomic E-state index is -4.21. The highest BCUT2D eigenvalue weighted by atomic mass is 32.2. The van der Waals surface area contributed by atoms with Crippen LogP contribution in [0.15, 0.2) is 17.0 Å². The van der Waals surface area contributed by atoms with Gasteiger partial charge < -0.3 is 24.8 Å². The van der Waals surface area contributed by atoms with Crippen molar-refractivity contribution in [3.63, 3.8) is 0 Å². The van der Waals surface area contributed by atoms with E-state index >= 15 is 0 Å². The van der Waals surface area contributed by atoms with Crippen LogP contribution in [0.4, 0.5) is 0 Å². The first-order valence-electron chi connectivity index (χ1n) is 10.6. The van der Waals surface area contributed by atoms with E-state index in [0.29, 0.717) is 11.1 Å². The van der Waals surface area contributed by atoms with Crippen molar-refractivity contribution in [2.24, 2.45) is 0 Å². The lowest BCUT2D eigenvalue weighted by Crippen LogP contribution is -2.47. The molecule has 0 aliphatic carbocycles. The molecule has 4 atom stereocenters. The van der Waals surface area contributed by atoms with E-state index in [1.807, 2.05) is 39.8 Å². The number of hydrogen-bond donors (Lipinski definition) is 3. The van der Waals surface area contributed by atoms with E-state index < -0.39 is 47.4 Å². The highest BCUT2D eigenvalue weighted by Gasteiger charge is 2.55. The zero-order valence-electron chi connectivity index (χ0n) is 19.3. The Balaban J connectivity index is 2.42. The number of benzene rings is 1. The van der Waals surface area contributed by atoms with Crippen molar-refractivity contribution in [1.29, 1.82) is 0 Å². The Bertz CT molecular complexity index is 829. The first-order valence-corrected chi connectivity index (χ1v) is 12.0. The van der Waals surface area contributed by atoms with Crippen LogP contribution >= 0.6 is 0 Å². The summed E-state index contributed by atoms with van der Waals surface area (Å²) in [5.41, 5.74) is 2.39. The van der Waals surface area contributed by atoms with E-state index in [0.717, 1.165) is 5.56 Å². The van der Waals surface area contributed by atoms with E-state index in [2.05, 4.69) is 13.8 Å². The Kier molecular flexibility index (Phi) is 8.30. The third-order valence-corrected chi connectivity index (χ3v) is 7.21. The van der Waals surface area contributed by atoms with Crippen LogP contribution in [0.3, 0.4) is 0 Å². The maximum absolute atomic E-state index is 13.3. The van der Waals surface area contributed by atoms with Gasteiger partial charge in [0.2, 0.25) is 5.79 Å². The Morgan fingerprint density at radius 3 is 1.90 bits per heavy atom. The van der Waals surface area contributed by atoms with Gasteiger partial charge in [0.1, 0.15) is 29.8 Å². The standard InChI is InChI=1S/C22H36O8S/c1-12(2)15-8-16(13(3)4)20(17(9-15)14(5)6)31(26,27)29-10-18-19(24)21(25)22(11-23,28-7)30-18/h8-9,12-14,18-19,21,23-25H,10-11H2,1-7H3/t18-,19-,21+,22+/m1/s1. The molecule has 3 N–H and O–H groups in total. The molecule has 1 aliphatic rings. The van der Waals surface area contributed by atoms with Gasteiger partial charge in [-0.15, -0.1) is 0 Å². The van der Waals surface area contributed by atoms with Crippen LogP contribution in [-0.4, -0.2) is 68.2 Å². The van der Waals surface area contributed by atoms with Crippen LogP contribution in [0.1, 0.15) is 76.0 Å². The van der Waals surface area contributed by atoms with E-state index in [4.69, 9.17) is 13.7 Å². The van der Waals surface area contributed by atoms with Gasteiger partial charge in [0, 0.05) is 7.11 Å². The smallest absolute Gasteiger partial charge is 0.297 e. The third kappa shape index (κ3) is 5.13. The lowest BCUT2D eigenvalue weighted by atomic mass is 9.89. The van der Waals surface area contributed by atoms with E-state index in [9.17, 15) is 23.7 Å². The van der Waals surface area contributed by atoms with Gasteiger partial charge in [0.15, 0.2) is 0 Å². The van der Waals surface area contributed by atoms with Crippen LogP contribution in [0.25, 0.3) is 0 Å². The highest BCUT2D eigenvalue weighted by molar-refractivity contribution is 7.86. The second-order valence-corrected chi connectivity index (χ2v) is 10.5. The van der Waals surface area contributed by atoms with Crippen molar-refractivity contribution < 1.29 is 37.4 Å². The summed E-state index contributed by atoms with van der Waals surface area (Å²) in [5.74, 6) is -1.72. The van der Waals surface area contributed by atoms with Gasteiger partial charge in [0.25, 0.3) is 10.1 Å². The molecule has 1 saturated heterocycles. The van der Waals surface area contributed by atoms with Gasteiger partial charge in [-0.3, -0.25) is 4.18 Å². The molecule has 31 heavy (non-hydrogen) atoms. The molecule has 0 bridgehead atoms. The molecule has 0 spiro atoms. The fourth-order valence-electron chi connectivity index (χ4n) is 3.75. The fourth-order valence-corrected chi connectivity index (χ4v) is 5.35. The summed E-state index contributed by atoms with van der Waals surface area (Å²) in [5, 5.41) is 30.0. The normalized spacial score (nSPS) is 27.1. The summed E-state index contributed by atoms with van der Waals surface area (Å²) in [7, 11) is -2.99. The second kappa shape index (κ2) is 9.82. The molecule has 1 aromatic rings. The van der Waals surface area contributed by atoms with Crippen molar-refractivity contribution in [2.45, 2.75) is 88.3 Å². The number of aliphatic hydroxyl groups excluding tert-OH is 3. The van der Waals surface area contributed by atoms with Crippen molar-refractivity contribution >= 4 is 10.1 Å². The number of aliphatic hydroxyl groups is 3. The largest absolute Gasteiger partial charge is 0.391 e. The van der Waals surface area contributed by atoms with Gasteiger partial charge in [-0.25, -0.2) is 0 Å². The molecule has 1 heterocycles. The number of methoxy groups -OCH3 is 1. The fraction of sp³-hybridized carbons (Fsp3) is 0.727. The van der Waals surface area contributed by atoms with E-state index in [1.165, 1.54) is 7.11 Å². The summed E-state index contributed by atoms with van der Waals surface area (Å²) in [4.78, 5) is 0.134. The van der Waals surface area contributed by atoms with Crippen molar-refractivity contribution in [3.8, 4) is 0 Å². The van der Waals surface area contributed by atoms with Gasteiger partial charge in [-0.05, 0) is 34.4 Å². The molecule has 1 aromatic carbocycles.